The highest BCUT2D eigenvalue weighted by Crippen LogP contribution is 2.14. The molecular formula is C12H20N2O2. The summed E-state index contributed by atoms with van der Waals surface area (Å²) in [4.78, 5) is 4.29. The van der Waals surface area contributed by atoms with E-state index >= 15 is 0 Å². The number of nitrogens with one attached hydrogen (secondary N) is 1. The molecule has 0 aliphatic heterocycles. The second-order valence-electron chi connectivity index (χ2n) is 3.86. The minimum atomic E-state index is 0.241. The first kappa shape index (κ1) is 12.9. The Labute approximate surface area is 96.7 Å². The highest BCUT2D eigenvalue weighted by atomic mass is 16.5. The van der Waals surface area contributed by atoms with E-state index in [1.165, 1.54) is 0 Å². The number of nitrogens with zero attached hydrogens (tertiary/aromatic N) is 1. The van der Waals surface area contributed by atoms with Crippen LogP contribution >= 0.6 is 0 Å². The molecule has 1 aromatic rings. The van der Waals surface area contributed by atoms with Gasteiger partial charge in [0.1, 0.15) is 5.75 Å². The predicted octanol–water partition coefficient (Wildman–Crippen LogP) is 1.61. The first-order valence-electron chi connectivity index (χ1n) is 5.55. The highest BCUT2D eigenvalue weighted by Gasteiger charge is 2.08. The molecule has 0 spiro atoms. The molecule has 0 saturated heterocycles. The molecule has 1 rings (SSSR count). The van der Waals surface area contributed by atoms with Gasteiger partial charge in [0.15, 0.2) is 0 Å². The number of ether oxygens (including phenoxy) is 1. The molecule has 0 bridgehead atoms. The SMILES string of the molecule is CCC(COC)NCc1nc(C)ccc1O. The van der Waals surface area contributed by atoms with E-state index in [-0.39, 0.29) is 5.75 Å². The van der Waals surface area contributed by atoms with E-state index < -0.39 is 0 Å². The molecule has 1 unspecified atom stereocenters. The predicted molar refractivity (Wildman–Crippen MR) is 63.4 cm³/mol. The molecule has 1 atom stereocenters. The lowest BCUT2D eigenvalue weighted by Crippen LogP contribution is -2.32. The number of aryl methyl sites for hydroxylation is 1. The summed E-state index contributed by atoms with van der Waals surface area (Å²) in [6.45, 7) is 5.24. The van der Waals surface area contributed by atoms with Gasteiger partial charge in [-0.3, -0.25) is 4.98 Å². The number of aromatic nitrogens is 1. The van der Waals surface area contributed by atoms with Crippen LogP contribution < -0.4 is 5.32 Å². The first-order valence-corrected chi connectivity index (χ1v) is 5.55. The van der Waals surface area contributed by atoms with Crippen molar-refractivity contribution in [1.82, 2.24) is 10.3 Å². The normalized spacial score (nSPS) is 12.7. The molecule has 1 aromatic heterocycles. The van der Waals surface area contributed by atoms with E-state index in [1.807, 2.05) is 6.92 Å². The zero-order chi connectivity index (χ0) is 12.0. The summed E-state index contributed by atoms with van der Waals surface area (Å²) in [6, 6.07) is 3.77. The quantitative estimate of drug-likeness (QED) is 0.771. The summed E-state index contributed by atoms with van der Waals surface area (Å²) in [7, 11) is 1.69. The van der Waals surface area contributed by atoms with Crippen LogP contribution in [0.3, 0.4) is 0 Å². The van der Waals surface area contributed by atoms with Gasteiger partial charge < -0.3 is 15.2 Å². The summed E-state index contributed by atoms with van der Waals surface area (Å²) in [5, 5.41) is 12.9. The molecule has 2 N–H and O–H groups in total. The Morgan fingerprint density at radius 3 is 2.88 bits per heavy atom. The fourth-order valence-electron chi connectivity index (χ4n) is 1.50. The Balaban J connectivity index is 2.55. The van der Waals surface area contributed by atoms with Gasteiger partial charge in [-0.25, -0.2) is 0 Å². The van der Waals surface area contributed by atoms with E-state index in [0.29, 0.717) is 24.9 Å². The van der Waals surface area contributed by atoms with E-state index in [2.05, 4.69) is 17.2 Å². The minimum absolute atomic E-state index is 0.241. The molecule has 0 saturated carbocycles. The Kier molecular flexibility index (Phi) is 5.22. The van der Waals surface area contributed by atoms with Crippen LogP contribution in [0.2, 0.25) is 0 Å². The molecule has 0 amide bonds. The molecule has 1 heterocycles. The van der Waals surface area contributed by atoms with Crippen molar-refractivity contribution < 1.29 is 9.84 Å². The number of hydrogen-bond acceptors (Lipinski definition) is 4. The maximum absolute atomic E-state index is 9.62. The number of rotatable bonds is 6. The van der Waals surface area contributed by atoms with Gasteiger partial charge in [0.25, 0.3) is 0 Å². The third kappa shape index (κ3) is 3.79. The molecule has 0 aromatic carbocycles. The van der Waals surface area contributed by atoms with E-state index in [4.69, 9.17) is 4.74 Å². The molecule has 16 heavy (non-hydrogen) atoms. The molecule has 0 aliphatic rings. The van der Waals surface area contributed by atoms with Crippen LogP contribution in [0.1, 0.15) is 24.7 Å². The number of methoxy groups -OCH3 is 1. The van der Waals surface area contributed by atoms with Gasteiger partial charge >= 0.3 is 0 Å². The average Bonchev–Trinajstić information content (AvgIpc) is 2.28. The van der Waals surface area contributed by atoms with Gasteiger partial charge in [-0.2, -0.15) is 0 Å². The number of hydrogen-bond donors (Lipinski definition) is 2. The second-order valence-corrected chi connectivity index (χ2v) is 3.86. The van der Waals surface area contributed by atoms with Gasteiger partial charge in [0.05, 0.1) is 12.3 Å². The van der Waals surface area contributed by atoms with Crippen LogP contribution in [-0.4, -0.2) is 29.8 Å². The largest absolute Gasteiger partial charge is 0.506 e. The standard InChI is InChI=1S/C12H20N2O2/c1-4-10(8-16-3)13-7-11-12(15)6-5-9(2)14-11/h5-6,10,13,15H,4,7-8H2,1-3H3. The Morgan fingerprint density at radius 1 is 1.50 bits per heavy atom. The third-order valence-corrected chi connectivity index (χ3v) is 2.51. The summed E-state index contributed by atoms with van der Waals surface area (Å²) in [5.74, 6) is 0.241. The Morgan fingerprint density at radius 2 is 2.25 bits per heavy atom. The summed E-state index contributed by atoms with van der Waals surface area (Å²) >= 11 is 0. The number of pyridine rings is 1. The highest BCUT2D eigenvalue weighted by molar-refractivity contribution is 5.27. The van der Waals surface area contributed by atoms with Gasteiger partial charge in [-0.05, 0) is 25.5 Å². The van der Waals surface area contributed by atoms with Gasteiger partial charge in [0.2, 0.25) is 0 Å². The fourth-order valence-corrected chi connectivity index (χ4v) is 1.50. The maximum Gasteiger partial charge on any atom is 0.138 e. The minimum Gasteiger partial charge on any atom is -0.506 e. The smallest absolute Gasteiger partial charge is 0.138 e. The van der Waals surface area contributed by atoms with Crippen LogP contribution in [0.25, 0.3) is 0 Å². The van der Waals surface area contributed by atoms with Crippen molar-refractivity contribution in [1.29, 1.82) is 0 Å². The second kappa shape index (κ2) is 6.45. The van der Waals surface area contributed by atoms with Crippen molar-refractivity contribution in [2.75, 3.05) is 13.7 Å². The lowest BCUT2D eigenvalue weighted by Gasteiger charge is -2.16. The van der Waals surface area contributed by atoms with Crippen LogP contribution in [0.5, 0.6) is 5.75 Å². The molecule has 4 heteroatoms. The molecule has 0 fully saturated rings. The fraction of sp³-hybridized carbons (Fsp3) is 0.583. The average molecular weight is 224 g/mol. The summed E-state index contributed by atoms with van der Waals surface area (Å²) < 4.78 is 5.09. The Bertz CT molecular complexity index is 329. The molecular weight excluding hydrogens is 204 g/mol. The van der Waals surface area contributed by atoms with Crippen molar-refractivity contribution in [2.24, 2.45) is 0 Å². The van der Waals surface area contributed by atoms with E-state index in [1.54, 1.807) is 19.2 Å². The Hall–Kier alpha value is -1.13. The van der Waals surface area contributed by atoms with Crippen molar-refractivity contribution in [3.05, 3.63) is 23.5 Å². The van der Waals surface area contributed by atoms with Crippen molar-refractivity contribution in [3.8, 4) is 5.75 Å². The zero-order valence-electron chi connectivity index (χ0n) is 10.2. The zero-order valence-corrected chi connectivity index (χ0v) is 10.2. The van der Waals surface area contributed by atoms with Crippen LogP contribution in [-0.2, 0) is 11.3 Å². The maximum atomic E-state index is 9.62. The van der Waals surface area contributed by atoms with Gasteiger partial charge in [-0.1, -0.05) is 6.92 Å². The lowest BCUT2D eigenvalue weighted by molar-refractivity contribution is 0.163. The number of aromatic hydroxyl groups is 1. The molecule has 0 aliphatic carbocycles. The van der Waals surface area contributed by atoms with Crippen LogP contribution in [0.4, 0.5) is 0 Å². The van der Waals surface area contributed by atoms with Crippen molar-refractivity contribution >= 4 is 0 Å². The molecule has 4 nitrogen and oxygen atoms in total. The van der Waals surface area contributed by atoms with Crippen LogP contribution in [0.15, 0.2) is 12.1 Å². The molecule has 90 valence electrons. The van der Waals surface area contributed by atoms with Crippen molar-refractivity contribution in [3.63, 3.8) is 0 Å². The van der Waals surface area contributed by atoms with Gasteiger partial charge in [-0.15, -0.1) is 0 Å². The van der Waals surface area contributed by atoms with E-state index in [0.717, 1.165) is 12.1 Å². The summed E-state index contributed by atoms with van der Waals surface area (Å²) in [6.07, 6.45) is 0.987. The van der Waals surface area contributed by atoms with Crippen LogP contribution in [0, 0.1) is 6.92 Å². The monoisotopic (exact) mass is 224 g/mol. The van der Waals surface area contributed by atoms with Gasteiger partial charge in [0, 0.05) is 25.4 Å². The summed E-state index contributed by atoms with van der Waals surface area (Å²) in [5.41, 5.74) is 1.60. The third-order valence-electron chi connectivity index (χ3n) is 2.51. The topological polar surface area (TPSA) is 54.4 Å². The molecule has 0 radical (unpaired) electrons. The lowest BCUT2D eigenvalue weighted by atomic mass is 10.2. The van der Waals surface area contributed by atoms with Crippen molar-refractivity contribution in [2.45, 2.75) is 32.9 Å². The first-order chi connectivity index (χ1) is 7.67. The van der Waals surface area contributed by atoms with E-state index in [9.17, 15) is 5.11 Å².